The minimum Gasteiger partial charge on any atom is -0.342 e. The summed E-state index contributed by atoms with van der Waals surface area (Å²) in [5, 5.41) is 11.4. The van der Waals surface area contributed by atoms with E-state index in [1.165, 1.54) is 31.0 Å². The number of amides is 3. The highest BCUT2D eigenvalue weighted by molar-refractivity contribution is 7.98. The lowest BCUT2D eigenvalue weighted by Crippen LogP contribution is -2.51. The van der Waals surface area contributed by atoms with Crippen molar-refractivity contribution >= 4 is 29.5 Å². The second-order valence-electron chi connectivity index (χ2n) is 8.86. The van der Waals surface area contributed by atoms with Crippen molar-refractivity contribution in [3.63, 3.8) is 0 Å². The number of hydrogen-bond acceptors (Lipinski definition) is 6. The van der Waals surface area contributed by atoms with Gasteiger partial charge in [0.2, 0.25) is 11.1 Å². The predicted molar refractivity (Wildman–Crippen MR) is 124 cm³/mol. The fourth-order valence-corrected chi connectivity index (χ4v) is 5.06. The SMILES string of the molecule is CSc1nc2nc(C)c(CC(=O)N3CCC(NC(=O)NC4CCCCC4)CC3)c(C)n2n1. The smallest absolute Gasteiger partial charge is 0.315 e. The van der Waals surface area contributed by atoms with Crippen LogP contribution < -0.4 is 10.6 Å². The summed E-state index contributed by atoms with van der Waals surface area (Å²) in [6.45, 7) is 5.19. The van der Waals surface area contributed by atoms with E-state index in [1.807, 2.05) is 25.0 Å². The number of piperidine rings is 1. The summed E-state index contributed by atoms with van der Waals surface area (Å²) in [6, 6.07) is 0.355. The molecule has 10 heteroatoms. The maximum Gasteiger partial charge on any atom is 0.315 e. The molecule has 3 amide bonds. The highest BCUT2D eigenvalue weighted by atomic mass is 32.2. The molecule has 2 N–H and O–H groups in total. The lowest BCUT2D eigenvalue weighted by atomic mass is 9.96. The van der Waals surface area contributed by atoms with Gasteiger partial charge in [0.1, 0.15) is 0 Å². The van der Waals surface area contributed by atoms with Crippen LogP contribution in [-0.2, 0) is 11.2 Å². The van der Waals surface area contributed by atoms with Gasteiger partial charge in [-0.2, -0.15) is 4.98 Å². The van der Waals surface area contributed by atoms with Gasteiger partial charge < -0.3 is 15.5 Å². The number of thioether (sulfide) groups is 1. The first kappa shape index (κ1) is 22.8. The standard InChI is InChI=1S/C22H33N7O2S/c1-14-18(15(2)29-20(23-14)26-22(27-29)32-3)13-19(30)28-11-9-17(10-12-28)25-21(31)24-16-7-5-4-6-8-16/h16-17H,4-13H2,1-3H3,(H2,24,25,31). The summed E-state index contributed by atoms with van der Waals surface area (Å²) < 4.78 is 1.72. The van der Waals surface area contributed by atoms with Crippen molar-refractivity contribution in [3.05, 3.63) is 17.0 Å². The van der Waals surface area contributed by atoms with Crippen molar-refractivity contribution in [2.24, 2.45) is 0 Å². The van der Waals surface area contributed by atoms with Crippen LogP contribution in [0.25, 0.3) is 5.78 Å². The number of aryl methyl sites for hydroxylation is 2. The lowest BCUT2D eigenvalue weighted by molar-refractivity contribution is -0.131. The quantitative estimate of drug-likeness (QED) is 0.666. The Bertz CT molecular complexity index is 978. The van der Waals surface area contributed by atoms with E-state index in [0.717, 1.165) is 42.6 Å². The zero-order valence-corrected chi connectivity index (χ0v) is 20.0. The highest BCUT2D eigenvalue weighted by Gasteiger charge is 2.26. The lowest BCUT2D eigenvalue weighted by Gasteiger charge is -2.33. The van der Waals surface area contributed by atoms with Gasteiger partial charge >= 0.3 is 6.03 Å². The average Bonchev–Trinajstić information content (AvgIpc) is 3.21. The number of nitrogens with one attached hydrogen (secondary N) is 2. The van der Waals surface area contributed by atoms with Crippen LogP contribution in [0.1, 0.15) is 61.9 Å². The summed E-state index contributed by atoms with van der Waals surface area (Å²) in [7, 11) is 0. The average molecular weight is 460 g/mol. The van der Waals surface area contributed by atoms with Crippen molar-refractivity contribution in [3.8, 4) is 0 Å². The van der Waals surface area contributed by atoms with Gasteiger partial charge in [-0.15, -0.1) is 5.10 Å². The third-order valence-corrected chi connectivity index (χ3v) is 7.20. The Labute approximate surface area is 193 Å². The van der Waals surface area contributed by atoms with Crippen molar-refractivity contribution in [1.29, 1.82) is 0 Å². The van der Waals surface area contributed by atoms with Crippen molar-refractivity contribution in [2.45, 2.75) is 82.5 Å². The van der Waals surface area contributed by atoms with Gasteiger partial charge in [-0.1, -0.05) is 31.0 Å². The molecule has 9 nitrogen and oxygen atoms in total. The molecule has 1 aliphatic carbocycles. The van der Waals surface area contributed by atoms with E-state index < -0.39 is 0 Å². The minimum absolute atomic E-state index is 0.0650. The van der Waals surface area contributed by atoms with Gasteiger partial charge in [0.25, 0.3) is 5.78 Å². The number of fused-ring (bicyclic) bond motifs is 1. The van der Waals surface area contributed by atoms with Crippen LogP contribution in [0.3, 0.4) is 0 Å². The zero-order chi connectivity index (χ0) is 22.7. The molecule has 2 fully saturated rings. The highest BCUT2D eigenvalue weighted by Crippen LogP contribution is 2.20. The Morgan fingerprint density at radius 2 is 1.66 bits per heavy atom. The number of carbonyl (C=O) groups is 2. The van der Waals surface area contributed by atoms with Gasteiger partial charge in [0.05, 0.1) is 6.42 Å². The van der Waals surface area contributed by atoms with Gasteiger partial charge in [-0.05, 0) is 45.8 Å². The Hall–Kier alpha value is -2.36. The maximum atomic E-state index is 13.0. The van der Waals surface area contributed by atoms with Crippen LogP contribution in [0.5, 0.6) is 0 Å². The molecule has 1 aliphatic heterocycles. The third-order valence-electron chi connectivity index (χ3n) is 6.66. The van der Waals surface area contributed by atoms with Crippen LogP contribution in [0, 0.1) is 13.8 Å². The summed E-state index contributed by atoms with van der Waals surface area (Å²) in [5.74, 6) is 0.659. The molecule has 0 unspecified atom stereocenters. The van der Waals surface area contributed by atoms with Gasteiger partial charge in [0.15, 0.2) is 0 Å². The van der Waals surface area contributed by atoms with Crippen molar-refractivity contribution < 1.29 is 9.59 Å². The number of hydrogen-bond donors (Lipinski definition) is 2. The summed E-state index contributed by atoms with van der Waals surface area (Å²) in [5.41, 5.74) is 2.64. The van der Waals surface area contributed by atoms with Crippen LogP contribution in [0.4, 0.5) is 4.79 Å². The Morgan fingerprint density at radius 3 is 2.31 bits per heavy atom. The molecule has 3 heterocycles. The second kappa shape index (κ2) is 10.1. The molecule has 0 aromatic carbocycles. The Morgan fingerprint density at radius 1 is 1.00 bits per heavy atom. The molecule has 1 saturated heterocycles. The van der Waals surface area contributed by atoms with Crippen LogP contribution in [-0.4, -0.2) is 67.8 Å². The van der Waals surface area contributed by atoms with Gasteiger partial charge in [0, 0.05) is 42.1 Å². The number of likely N-dealkylation sites (tertiary alicyclic amines) is 1. The fourth-order valence-electron chi connectivity index (χ4n) is 4.73. The number of rotatable bonds is 5. The summed E-state index contributed by atoms with van der Waals surface area (Å²) >= 11 is 1.47. The van der Waals surface area contributed by atoms with E-state index in [-0.39, 0.29) is 18.0 Å². The summed E-state index contributed by atoms with van der Waals surface area (Å²) in [6.07, 6.45) is 9.60. The molecule has 0 bridgehead atoms. The topological polar surface area (TPSA) is 105 Å². The monoisotopic (exact) mass is 459 g/mol. The Balaban J connectivity index is 1.30. The molecular formula is C22H33N7O2S. The fraction of sp³-hybridized carbons (Fsp3) is 0.682. The molecule has 1 saturated carbocycles. The van der Waals surface area contributed by atoms with E-state index in [2.05, 4.69) is 25.7 Å². The predicted octanol–water partition coefficient (Wildman–Crippen LogP) is 2.63. The first-order chi connectivity index (χ1) is 15.4. The van der Waals surface area contributed by atoms with Gasteiger partial charge in [-0.3, -0.25) is 4.79 Å². The molecule has 2 aromatic rings. The minimum atomic E-state index is -0.0650. The number of aromatic nitrogens is 4. The largest absolute Gasteiger partial charge is 0.342 e. The van der Waals surface area contributed by atoms with Crippen LogP contribution in [0.15, 0.2) is 5.16 Å². The van der Waals surface area contributed by atoms with E-state index in [4.69, 9.17) is 0 Å². The molecule has 0 spiro atoms. The molecule has 2 aliphatic rings. The molecule has 2 aromatic heterocycles. The zero-order valence-electron chi connectivity index (χ0n) is 19.2. The molecule has 4 rings (SSSR count). The van der Waals surface area contributed by atoms with E-state index >= 15 is 0 Å². The maximum absolute atomic E-state index is 13.0. The summed E-state index contributed by atoms with van der Waals surface area (Å²) in [4.78, 5) is 36.2. The number of carbonyl (C=O) groups excluding carboxylic acids is 2. The Kier molecular flexibility index (Phi) is 7.17. The van der Waals surface area contributed by atoms with Gasteiger partial charge in [-0.25, -0.2) is 14.3 Å². The normalized spacial score (nSPS) is 18.2. The first-order valence-corrected chi connectivity index (χ1v) is 12.8. The molecule has 0 radical (unpaired) electrons. The molecule has 32 heavy (non-hydrogen) atoms. The van der Waals surface area contributed by atoms with Crippen LogP contribution >= 0.6 is 11.8 Å². The van der Waals surface area contributed by atoms with E-state index in [0.29, 0.717) is 36.5 Å². The number of urea groups is 1. The molecular weight excluding hydrogens is 426 g/mol. The van der Waals surface area contributed by atoms with Crippen molar-refractivity contribution in [2.75, 3.05) is 19.3 Å². The van der Waals surface area contributed by atoms with Crippen LogP contribution in [0.2, 0.25) is 0 Å². The van der Waals surface area contributed by atoms with Crippen molar-refractivity contribution in [1.82, 2.24) is 35.1 Å². The number of nitrogens with zero attached hydrogens (tertiary/aromatic N) is 5. The second-order valence-corrected chi connectivity index (χ2v) is 9.63. The van der Waals surface area contributed by atoms with E-state index in [9.17, 15) is 9.59 Å². The molecule has 174 valence electrons. The van der Waals surface area contributed by atoms with E-state index in [1.54, 1.807) is 4.52 Å². The first-order valence-electron chi connectivity index (χ1n) is 11.6. The third kappa shape index (κ3) is 5.16. The molecule has 0 atom stereocenters.